The maximum Gasteiger partial charge on any atom is 0.125 e. The van der Waals surface area contributed by atoms with E-state index < -0.39 is 0 Å². The van der Waals surface area contributed by atoms with Crippen molar-refractivity contribution in [1.29, 1.82) is 0 Å². The van der Waals surface area contributed by atoms with Crippen molar-refractivity contribution < 1.29 is 9.53 Å². The number of aldehydes is 1. The number of hydrogen-bond acceptors (Lipinski definition) is 2. The SMILES string of the molecule is CC(C=O)COC1(C)CCCC1. The van der Waals surface area contributed by atoms with Crippen LogP contribution in [0.2, 0.25) is 0 Å². The van der Waals surface area contributed by atoms with Crippen LogP contribution in [0.5, 0.6) is 0 Å². The van der Waals surface area contributed by atoms with Gasteiger partial charge < -0.3 is 9.53 Å². The highest BCUT2D eigenvalue weighted by Gasteiger charge is 2.29. The molecule has 0 aromatic heterocycles. The van der Waals surface area contributed by atoms with Crippen LogP contribution >= 0.6 is 0 Å². The van der Waals surface area contributed by atoms with Crippen LogP contribution in [0.1, 0.15) is 39.5 Å². The second-order valence-electron chi connectivity index (χ2n) is 4.08. The van der Waals surface area contributed by atoms with Crippen molar-refractivity contribution >= 4 is 6.29 Å². The van der Waals surface area contributed by atoms with Gasteiger partial charge in [0.1, 0.15) is 6.29 Å². The van der Waals surface area contributed by atoms with Crippen molar-refractivity contribution in [2.24, 2.45) is 5.92 Å². The van der Waals surface area contributed by atoms with Gasteiger partial charge in [-0.3, -0.25) is 0 Å². The number of rotatable bonds is 4. The summed E-state index contributed by atoms with van der Waals surface area (Å²) >= 11 is 0. The lowest BCUT2D eigenvalue weighted by atomic mass is 10.1. The second kappa shape index (κ2) is 4.04. The third-order valence-electron chi connectivity index (χ3n) is 2.59. The second-order valence-corrected chi connectivity index (χ2v) is 4.08. The molecule has 0 aliphatic heterocycles. The highest BCUT2D eigenvalue weighted by atomic mass is 16.5. The minimum Gasteiger partial charge on any atom is -0.375 e. The third kappa shape index (κ3) is 2.59. The summed E-state index contributed by atoms with van der Waals surface area (Å²) in [5.74, 6) is 0.0439. The summed E-state index contributed by atoms with van der Waals surface area (Å²) < 4.78 is 5.71. The van der Waals surface area contributed by atoms with Crippen molar-refractivity contribution in [3.8, 4) is 0 Å². The maximum absolute atomic E-state index is 10.3. The zero-order valence-electron chi connectivity index (χ0n) is 8.01. The Balaban J connectivity index is 2.25. The van der Waals surface area contributed by atoms with E-state index in [1.54, 1.807) is 0 Å². The molecule has 2 heteroatoms. The number of hydrogen-bond donors (Lipinski definition) is 0. The fraction of sp³-hybridized carbons (Fsp3) is 0.900. The van der Waals surface area contributed by atoms with Gasteiger partial charge in [0.15, 0.2) is 0 Å². The summed E-state index contributed by atoms with van der Waals surface area (Å²) in [6.45, 7) is 4.63. The molecule has 0 heterocycles. The van der Waals surface area contributed by atoms with Gasteiger partial charge in [0, 0.05) is 5.92 Å². The molecule has 0 N–H and O–H groups in total. The molecule has 12 heavy (non-hydrogen) atoms. The predicted octanol–water partition coefficient (Wildman–Crippen LogP) is 2.17. The van der Waals surface area contributed by atoms with Crippen molar-refractivity contribution in [2.75, 3.05) is 6.61 Å². The first-order valence-corrected chi connectivity index (χ1v) is 4.75. The minimum absolute atomic E-state index is 0.0439. The van der Waals surface area contributed by atoms with Crippen molar-refractivity contribution in [3.05, 3.63) is 0 Å². The Labute approximate surface area is 74.3 Å². The largest absolute Gasteiger partial charge is 0.375 e. The zero-order chi connectivity index (χ0) is 9.03. The quantitative estimate of drug-likeness (QED) is 0.604. The van der Waals surface area contributed by atoms with Crippen LogP contribution in [0.4, 0.5) is 0 Å². The monoisotopic (exact) mass is 170 g/mol. The first kappa shape index (κ1) is 9.72. The zero-order valence-corrected chi connectivity index (χ0v) is 8.01. The van der Waals surface area contributed by atoms with Gasteiger partial charge >= 0.3 is 0 Å². The average molecular weight is 170 g/mol. The average Bonchev–Trinajstić information content (AvgIpc) is 2.49. The van der Waals surface area contributed by atoms with Crippen LogP contribution in [0.25, 0.3) is 0 Å². The van der Waals surface area contributed by atoms with Gasteiger partial charge in [-0.25, -0.2) is 0 Å². The van der Waals surface area contributed by atoms with Crippen LogP contribution in [0.3, 0.4) is 0 Å². The van der Waals surface area contributed by atoms with Crippen LogP contribution in [0, 0.1) is 5.92 Å². The molecule has 1 saturated carbocycles. The molecule has 1 unspecified atom stereocenters. The van der Waals surface area contributed by atoms with E-state index in [1.807, 2.05) is 6.92 Å². The van der Waals surface area contributed by atoms with Crippen molar-refractivity contribution in [2.45, 2.75) is 45.1 Å². The summed E-state index contributed by atoms with van der Waals surface area (Å²) in [6, 6.07) is 0. The van der Waals surface area contributed by atoms with E-state index in [1.165, 1.54) is 12.8 Å². The molecule has 0 bridgehead atoms. The van der Waals surface area contributed by atoms with E-state index in [9.17, 15) is 4.79 Å². The Morgan fingerprint density at radius 1 is 1.50 bits per heavy atom. The fourth-order valence-electron chi connectivity index (χ4n) is 1.64. The molecule has 0 aromatic carbocycles. The Kier molecular flexibility index (Phi) is 3.27. The third-order valence-corrected chi connectivity index (χ3v) is 2.59. The van der Waals surface area contributed by atoms with Crippen LogP contribution in [-0.2, 0) is 9.53 Å². The summed E-state index contributed by atoms with van der Waals surface area (Å²) in [5, 5.41) is 0. The van der Waals surface area contributed by atoms with E-state index in [4.69, 9.17) is 4.74 Å². The molecule has 1 aliphatic carbocycles. The van der Waals surface area contributed by atoms with Gasteiger partial charge in [-0.1, -0.05) is 19.8 Å². The Hall–Kier alpha value is -0.370. The van der Waals surface area contributed by atoms with Crippen molar-refractivity contribution in [1.82, 2.24) is 0 Å². The number of ether oxygens (including phenoxy) is 1. The molecule has 1 atom stereocenters. The fourth-order valence-corrected chi connectivity index (χ4v) is 1.64. The molecule has 0 aromatic rings. The Bertz CT molecular complexity index is 148. The van der Waals surface area contributed by atoms with Crippen molar-refractivity contribution in [3.63, 3.8) is 0 Å². The minimum atomic E-state index is 0.0439. The molecule has 70 valence electrons. The summed E-state index contributed by atoms with van der Waals surface area (Å²) in [5.41, 5.74) is 0.0667. The molecule has 2 nitrogen and oxygen atoms in total. The van der Waals surface area contributed by atoms with E-state index in [2.05, 4.69) is 6.92 Å². The highest BCUT2D eigenvalue weighted by molar-refractivity contribution is 5.52. The molecule has 1 fully saturated rings. The summed E-state index contributed by atoms with van der Waals surface area (Å²) in [7, 11) is 0. The van der Waals surface area contributed by atoms with Gasteiger partial charge in [0.2, 0.25) is 0 Å². The number of carbonyl (C=O) groups is 1. The van der Waals surface area contributed by atoms with E-state index in [-0.39, 0.29) is 11.5 Å². The molecule has 0 amide bonds. The lowest BCUT2D eigenvalue weighted by Gasteiger charge is -2.24. The topological polar surface area (TPSA) is 26.3 Å². The first-order valence-electron chi connectivity index (χ1n) is 4.75. The standard InChI is InChI=1S/C10H18O2/c1-9(7-11)8-12-10(2)5-3-4-6-10/h7,9H,3-6,8H2,1-2H3. The molecule has 0 saturated heterocycles. The molecule has 0 spiro atoms. The van der Waals surface area contributed by atoms with E-state index in [0.717, 1.165) is 19.1 Å². The van der Waals surface area contributed by atoms with E-state index in [0.29, 0.717) is 6.61 Å². The summed E-state index contributed by atoms with van der Waals surface area (Å²) in [6.07, 6.45) is 5.80. The van der Waals surface area contributed by atoms with Crippen LogP contribution < -0.4 is 0 Å². The molecular formula is C10H18O2. The smallest absolute Gasteiger partial charge is 0.125 e. The number of carbonyl (C=O) groups excluding carboxylic acids is 1. The van der Waals surface area contributed by atoms with Crippen LogP contribution in [-0.4, -0.2) is 18.5 Å². The van der Waals surface area contributed by atoms with Gasteiger partial charge in [-0.15, -0.1) is 0 Å². The molecule has 1 aliphatic rings. The van der Waals surface area contributed by atoms with Gasteiger partial charge in [0.05, 0.1) is 12.2 Å². The highest BCUT2D eigenvalue weighted by Crippen LogP contribution is 2.32. The summed E-state index contributed by atoms with van der Waals surface area (Å²) in [4.78, 5) is 10.3. The first-order chi connectivity index (χ1) is 5.66. The molecular weight excluding hydrogens is 152 g/mol. The maximum atomic E-state index is 10.3. The molecule has 0 radical (unpaired) electrons. The van der Waals surface area contributed by atoms with Gasteiger partial charge in [0.25, 0.3) is 0 Å². The normalized spacial score (nSPS) is 23.8. The van der Waals surface area contributed by atoms with Crippen LogP contribution in [0.15, 0.2) is 0 Å². The lowest BCUT2D eigenvalue weighted by molar-refractivity contribution is -0.115. The lowest BCUT2D eigenvalue weighted by Crippen LogP contribution is -2.27. The van der Waals surface area contributed by atoms with Gasteiger partial charge in [-0.05, 0) is 19.8 Å². The Morgan fingerprint density at radius 2 is 2.08 bits per heavy atom. The van der Waals surface area contributed by atoms with Gasteiger partial charge in [-0.2, -0.15) is 0 Å². The van der Waals surface area contributed by atoms with E-state index >= 15 is 0 Å². The predicted molar refractivity (Wildman–Crippen MR) is 48.1 cm³/mol. The Morgan fingerprint density at radius 3 is 2.58 bits per heavy atom. The molecule has 1 rings (SSSR count).